The molecule has 0 aliphatic rings. The van der Waals surface area contributed by atoms with Gasteiger partial charge in [-0.05, 0) is 17.2 Å². The Balaban J connectivity index is 0.00000162. The van der Waals surface area contributed by atoms with Crippen molar-refractivity contribution in [3.8, 4) is 11.1 Å². The maximum atomic E-state index is 10.5. The molecule has 0 radical (unpaired) electrons. The Kier molecular flexibility index (Phi) is 5.41. The fourth-order valence-electron chi connectivity index (χ4n) is 1.77. The van der Waals surface area contributed by atoms with Crippen molar-refractivity contribution in [2.75, 3.05) is 5.73 Å². The third-order valence-electron chi connectivity index (χ3n) is 2.55. The summed E-state index contributed by atoms with van der Waals surface area (Å²) in [5, 5.41) is 10.5. The molecule has 0 spiro atoms. The van der Waals surface area contributed by atoms with E-state index in [9.17, 15) is 9.90 Å². The number of carbonyl (C=O) groups is 1. The van der Waals surface area contributed by atoms with Gasteiger partial charge in [-0.25, -0.2) is 0 Å². The number of carbonyl (C=O) groups excluding carboxylic acids is 1. The quantitative estimate of drug-likeness (QED) is 0.517. The molecule has 0 aromatic heterocycles. The Morgan fingerprint density at radius 3 is 2.33 bits per heavy atom. The van der Waals surface area contributed by atoms with Crippen LogP contribution in [-0.4, -0.2) is 5.97 Å². The van der Waals surface area contributed by atoms with Gasteiger partial charge >= 0.3 is 29.6 Å². The molecule has 0 saturated heterocycles. The van der Waals surface area contributed by atoms with E-state index < -0.39 is 5.97 Å². The van der Waals surface area contributed by atoms with Crippen LogP contribution in [0.25, 0.3) is 11.1 Å². The van der Waals surface area contributed by atoms with Crippen LogP contribution in [0.1, 0.15) is 5.56 Å². The number of carboxylic acid groups (broad SMARTS) is 1. The van der Waals surface area contributed by atoms with Gasteiger partial charge in [-0.3, -0.25) is 0 Å². The van der Waals surface area contributed by atoms with Gasteiger partial charge < -0.3 is 15.6 Å². The SMILES string of the molecule is Nc1cc(CC(=O)[O-])ccc1-c1ccccc1.[Na+]. The number of aliphatic carboxylic acids is 1. The number of benzene rings is 2. The zero-order chi connectivity index (χ0) is 12.3. The van der Waals surface area contributed by atoms with Crippen LogP contribution in [0.5, 0.6) is 0 Å². The summed E-state index contributed by atoms with van der Waals surface area (Å²) in [6, 6.07) is 15.0. The van der Waals surface area contributed by atoms with Gasteiger partial charge in [0.25, 0.3) is 0 Å². The summed E-state index contributed by atoms with van der Waals surface area (Å²) in [7, 11) is 0. The zero-order valence-electron chi connectivity index (χ0n) is 10.2. The van der Waals surface area contributed by atoms with Gasteiger partial charge in [0.15, 0.2) is 0 Å². The minimum absolute atomic E-state index is 0. The van der Waals surface area contributed by atoms with Crippen molar-refractivity contribution in [1.82, 2.24) is 0 Å². The molecule has 86 valence electrons. The normalized spacial score (nSPS) is 9.56. The molecule has 4 heteroatoms. The molecular weight excluding hydrogens is 237 g/mol. The van der Waals surface area contributed by atoms with Crippen molar-refractivity contribution >= 4 is 11.7 Å². The molecule has 2 aromatic rings. The number of anilines is 1. The number of rotatable bonds is 3. The second kappa shape index (κ2) is 6.59. The van der Waals surface area contributed by atoms with E-state index in [0.29, 0.717) is 11.3 Å². The van der Waals surface area contributed by atoms with Gasteiger partial charge in [0.1, 0.15) is 0 Å². The van der Waals surface area contributed by atoms with Crippen LogP contribution >= 0.6 is 0 Å². The average Bonchev–Trinajstić information content (AvgIpc) is 2.29. The first kappa shape index (κ1) is 14.8. The molecule has 0 heterocycles. The van der Waals surface area contributed by atoms with Crippen molar-refractivity contribution in [1.29, 1.82) is 0 Å². The molecule has 2 rings (SSSR count). The van der Waals surface area contributed by atoms with Gasteiger partial charge in [0.2, 0.25) is 0 Å². The van der Waals surface area contributed by atoms with Gasteiger partial charge in [0.05, 0.1) is 0 Å². The molecule has 0 saturated carbocycles. The summed E-state index contributed by atoms with van der Waals surface area (Å²) in [5.74, 6) is -1.10. The maximum absolute atomic E-state index is 10.5. The van der Waals surface area contributed by atoms with Crippen molar-refractivity contribution in [3.63, 3.8) is 0 Å². The first-order valence-electron chi connectivity index (χ1n) is 5.30. The van der Waals surface area contributed by atoms with E-state index in [-0.39, 0.29) is 36.0 Å². The summed E-state index contributed by atoms with van der Waals surface area (Å²) in [4.78, 5) is 10.5. The Bertz CT molecular complexity index is 541. The van der Waals surface area contributed by atoms with E-state index in [4.69, 9.17) is 5.73 Å². The van der Waals surface area contributed by atoms with E-state index in [1.165, 1.54) is 0 Å². The van der Waals surface area contributed by atoms with Crippen LogP contribution in [0, 0.1) is 0 Å². The molecule has 2 aromatic carbocycles. The molecule has 0 amide bonds. The second-order valence-electron chi connectivity index (χ2n) is 3.84. The van der Waals surface area contributed by atoms with Crippen LogP contribution in [0.4, 0.5) is 5.69 Å². The largest absolute Gasteiger partial charge is 1.00 e. The molecule has 0 fully saturated rings. The Hall–Kier alpha value is -1.29. The topological polar surface area (TPSA) is 66.2 Å². The standard InChI is InChI=1S/C14H13NO2.Na/c15-13-8-10(9-14(16)17)6-7-12(13)11-4-2-1-3-5-11;/h1-8H,9,15H2,(H,16,17);/q;+1/p-1. The van der Waals surface area contributed by atoms with E-state index in [2.05, 4.69) is 0 Å². The average molecular weight is 249 g/mol. The molecule has 2 N–H and O–H groups in total. The minimum atomic E-state index is -1.10. The van der Waals surface area contributed by atoms with Crippen molar-refractivity contribution < 1.29 is 39.5 Å². The zero-order valence-corrected chi connectivity index (χ0v) is 12.2. The molecule has 0 aliphatic heterocycles. The van der Waals surface area contributed by atoms with Gasteiger partial charge in [-0.2, -0.15) is 0 Å². The van der Waals surface area contributed by atoms with Gasteiger partial charge in [-0.15, -0.1) is 0 Å². The van der Waals surface area contributed by atoms with Gasteiger partial charge in [-0.1, -0.05) is 42.5 Å². The maximum Gasteiger partial charge on any atom is 1.00 e. The molecule has 0 bridgehead atoms. The van der Waals surface area contributed by atoms with Crippen LogP contribution in [0.15, 0.2) is 48.5 Å². The third-order valence-corrected chi connectivity index (χ3v) is 2.55. The Morgan fingerprint density at radius 1 is 1.11 bits per heavy atom. The summed E-state index contributed by atoms with van der Waals surface area (Å²) < 4.78 is 0. The minimum Gasteiger partial charge on any atom is -0.550 e. The smallest absolute Gasteiger partial charge is 0.550 e. The van der Waals surface area contributed by atoms with Crippen LogP contribution < -0.4 is 40.4 Å². The number of nitrogens with two attached hydrogens (primary N) is 1. The van der Waals surface area contributed by atoms with E-state index in [0.717, 1.165) is 11.1 Å². The molecule has 0 aliphatic carbocycles. The van der Waals surface area contributed by atoms with Crippen molar-refractivity contribution in [2.24, 2.45) is 0 Å². The predicted octanol–water partition coefficient (Wildman–Crippen LogP) is -1.77. The molecule has 0 atom stereocenters. The Labute approximate surface area is 128 Å². The van der Waals surface area contributed by atoms with Crippen molar-refractivity contribution in [2.45, 2.75) is 6.42 Å². The third kappa shape index (κ3) is 3.60. The molecule has 0 unspecified atom stereocenters. The predicted molar refractivity (Wildman–Crippen MR) is 65.0 cm³/mol. The van der Waals surface area contributed by atoms with E-state index >= 15 is 0 Å². The Morgan fingerprint density at radius 2 is 1.78 bits per heavy atom. The summed E-state index contributed by atoms with van der Waals surface area (Å²) in [5.41, 5.74) is 9.08. The summed E-state index contributed by atoms with van der Waals surface area (Å²) in [6.07, 6.45) is -0.112. The first-order valence-corrected chi connectivity index (χ1v) is 5.30. The second-order valence-corrected chi connectivity index (χ2v) is 3.84. The van der Waals surface area contributed by atoms with Crippen LogP contribution in [-0.2, 0) is 11.2 Å². The van der Waals surface area contributed by atoms with Gasteiger partial charge in [0, 0.05) is 23.6 Å². The van der Waals surface area contributed by atoms with Crippen LogP contribution in [0.3, 0.4) is 0 Å². The fraction of sp³-hybridized carbons (Fsp3) is 0.0714. The molecular formula is C14H12NNaO2. The van der Waals surface area contributed by atoms with E-state index in [1.54, 1.807) is 12.1 Å². The fourth-order valence-corrected chi connectivity index (χ4v) is 1.77. The number of hydrogen-bond donors (Lipinski definition) is 1. The molecule has 18 heavy (non-hydrogen) atoms. The summed E-state index contributed by atoms with van der Waals surface area (Å²) >= 11 is 0. The summed E-state index contributed by atoms with van der Waals surface area (Å²) in [6.45, 7) is 0. The van der Waals surface area contributed by atoms with Crippen molar-refractivity contribution in [3.05, 3.63) is 54.1 Å². The first-order chi connectivity index (χ1) is 8.16. The van der Waals surface area contributed by atoms with Crippen LogP contribution in [0.2, 0.25) is 0 Å². The number of nitrogen functional groups attached to an aromatic ring is 1. The number of carboxylic acids is 1. The monoisotopic (exact) mass is 249 g/mol. The van der Waals surface area contributed by atoms with E-state index in [1.807, 2.05) is 36.4 Å². The number of hydrogen-bond acceptors (Lipinski definition) is 3. The molecule has 3 nitrogen and oxygen atoms in total.